The van der Waals surface area contributed by atoms with Crippen molar-refractivity contribution in [3.05, 3.63) is 34.3 Å². The molecule has 0 fully saturated rings. The van der Waals surface area contributed by atoms with Crippen LogP contribution in [0.15, 0.2) is 22.8 Å². The van der Waals surface area contributed by atoms with Gasteiger partial charge in [-0.25, -0.2) is 0 Å². The number of furan rings is 1. The minimum absolute atomic E-state index is 0.320. The fourth-order valence-electron chi connectivity index (χ4n) is 1.43. The molecule has 0 bridgehead atoms. The Morgan fingerprint density at radius 3 is 2.82 bits per heavy atom. The lowest BCUT2D eigenvalue weighted by molar-refractivity contribution is 0.577. The van der Waals surface area contributed by atoms with Gasteiger partial charge in [-0.15, -0.1) is 5.10 Å². The summed E-state index contributed by atoms with van der Waals surface area (Å²) in [7, 11) is 0. The predicted molar refractivity (Wildman–Crippen MR) is 63.2 cm³/mol. The number of rotatable bonds is 1. The molecular formula is C10H6Cl2N4O. The molecule has 0 aliphatic rings. The highest BCUT2D eigenvalue weighted by Crippen LogP contribution is 2.24. The average molecular weight is 269 g/mol. The molecule has 0 saturated carbocycles. The second-order valence-corrected chi connectivity index (χ2v) is 4.16. The van der Waals surface area contributed by atoms with Crippen LogP contribution in [0.4, 0.5) is 0 Å². The third kappa shape index (κ3) is 1.59. The Morgan fingerprint density at radius 2 is 2.12 bits per heavy atom. The van der Waals surface area contributed by atoms with Crippen molar-refractivity contribution in [1.82, 2.24) is 19.6 Å². The van der Waals surface area contributed by atoms with Crippen LogP contribution in [0.3, 0.4) is 0 Å². The Bertz CT molecular complexity index is 690. The van der Waals surface area contributed by atoms with E-state index in [1.165, 1.54) is 4.52 Å². The normalized spacial score (nSPS) is 11.2. The molecule has 0 unspecified atom stereocenters. The maximum Gasteiger partial charge on any atom is 0.255 e. The van der Waals surface area contributed by atoms with Crippen LogP contribution >= 0.6 is 23.2 Å². The van der Waals surface area contributed by atoms with Crippen LogP contribution in [0, 0.1) is 6.92 Å². The van der Waals surface area contributed by atoms with Gasteiger partial charge in [0.15, 0.2) is 5.76 Å². The summed E-state index contributed by atoms with van der Waals surface area (Å²) in [6, 6.07) is 3.52. The lowest BCUT2D eigenvalue weighted by Gasteiger charge is -2.00. The van der Waals surface area contributed by atoms with Crippen LogP contribution in [0.25, 0.3) is 17.4 Å². The van der Waals surface area contributed by atoms with Gasteiger partial charge in [0.05, 0.1) is 6.26 Å². The zero-order valence-corrected chi connectivity index (χ0v) is 10.2. The van der Waals surface area contributed by atoms with E-state index in [-0.39, 0.29) is 0 Å². The highest BCUT2D eigenvalue weighted by atomic mass is 35.5. The van der Waals surface area contributed by atoms with E-state index >= 15 is 0 Å². The lowest BCUT2D eigenvalue weighted by atomic mass is 10.4. The Hall–Kier alpha value is -1.59. The van der Waals surface area contributed by atoms with Gasteiger partial charge in [-0.1, -0.05) is 23.2 Å². The highest BCUT2D eigenvalue weighted by Gasteiger charge is 2.15. The van der Waals surface area contributed by atoms with Gasteiger partial charge >= 0.3 is 0 Å². The smallest absolute Gasteiger partial charge is 0.255 e. The van der Waals surface area contributed by atoms with Crippen LogP contribution in [0.2, 0.25) is 10.3 Å². The average Bonchev–Trinajstić information content (AvgIpc) is 2.93. The van der Waals surface area contributed by atoms with Gasteiger partial charge in [0.2, 0.25) is 5.82 Å². The summed E-state index contributed by atoms with van der Waals surface area (Å²) in [5, 5.41) is 4.93. The Kier molecular flexibility index (Phi) is 2.31. The van der Waals surface area contributed by atoms with Crippen molar-refractivity contribution in [2.75, 3.05) is 0 Å². The molecule has 0 aromatic carbocycles. The molecule has 3 aromatic heterocycles. The number of hydrogen-bond acceptors (Lipinski definition) is 4. The van der Waals surface area contributed by atoms with Crippen LogP contribution in [0.1, 0.15) is 5.56 Å². The van der Waals surface area contributed by atoms with Crippen molar-refractivity contribution < 1.29 is 4.42 Å². The van der Waals surface area contributed by atoms with Crippen LogP contribution in [-0.2, 0) is 0 Å². The molecule has 0 aliphatic heterocycles. The summed E-state index contributed by atoms with van der Waals surface area (Å²) >= 11 is 12.0. The van der Waals surface area contributed by atoms with Crippen molar-refractivity contribution in [3.8, 4) is 11.6 Å². The molecule has 5 nitrogen and oxygen atoms in total. The second-order valence-electron chi connectivity index (χ2n) is 3.44. The molecule has 0 radical (unpaired) electrons. The standard InChI is InChI=1S/C10H6Cl2N4O/c1-5-7(11)13-10-14-9(6-3-2-4-17-6)15-16(10)8(5)12/h2-4H,1H3. The van der Waals surface area contributed by atoms with E-state index in [0.29, 0.717) is 33.2 Å². The third-order valence-electron chi connectivity index (χ3n) is 2.33. The SMILES string of the molecule is Cc1c(Cl)nc2nc(-c3ccco3)nn2c1Cl. The van der Waals surface area contributed by atoms with E-state index in [1.807, 2.05) is 0 Å². The lowest BCUT2D eigenvalue weighted by Crippen LogP contribution is -1.96. The number of hydrogen-bond donors (Lipinski definition) is 0. The first-order valence-electron chi connectivity index (χ1n) is 4.79. The van der Waals surface area contributed by atoms with Gasteiger partial charge in [0.25, 0.3) is 5.78 Å². The fourth-order valence-corrected chi connectivity index (χ4v) is 1.85. The third-order valence-corrected chi connectivity index (χ3v) is 3.15. The zero-order chi connectivity index (χ0) is 12.0. The van der Waals surface area contributed by atoms with E-state index in [1.54, 1.807) is 25.3 Å². The van der Waals surface area contributed by atoms with E-state index in [9.17, 15) is 0 Å². The topological polar surface area (TPSA) is 56.2 Å². The van der Waals surface area contributed by atoms with Gasteiger partial charge in [-0.2, -0.15) is 14.5 Å². The molecule has 0 spiro atoms. The molecule has 3 aromatic rings. The minimum Gasteiger partial charge on any atom is -0.461 e. The van der Waals surface area contributed by atoms with Crippen molar-refractivity contribution in [3.63, 3.8) is 0 Å². The first-order chi connectivity index (χ1) is 8.16. The Balaban J connectivity index is 2.30. The number of nitrogens with zero attached hydrogens (tertiary/aromatic N) is 4. The van der Waals surface area contributed by atoms with Gasteiger partial charge in [-0.3, -0.25) is 0 Å². The van der Waals surface area contributed by atoms with Crippen molar-refractivity contribution in [2.24, 2.45) is 0 Å². The van der Waals surface area contributed by atoms with Gasteiger partial charge in [0, 0.05) is 5.56 Å². The summed E-state index contributed by atoms with van der Waals surface area (Å²) in [4.78, 5) is 8.29. The summed E-state index contributed by atoms with van der Waals surface area (Å²) in [5.74, 6) is 1.32. The number of aromatic nitrogens is 4. The van der Waals surface area contributed by atoms with E-state index in [0.717, 1.165) is 0 Å². The number of fused-ring (bicyclic) bond motifs is 1. The summed E-state index contributed by atoms with van der Waals surface area (Å²) in [5.41, 5.74) is 0.664. The molecule has 17 heavy (non-hydrogen) atoms. The van der Waals surface area contributed by atoms with E-state index in [4.69, 9.17) is 27.6 Å². The molecule has 0 amide bonds. The fraction of sp³-hybridized carbons (Fsp3) is 0.100. The summed E-state index contributed by atoms with van der Waals surface area (Å²) < 4.78 is 6.64. The zero-order valence-electron chi connectivity index (χ0n) is 8.69. The number of halogens is 2. The first-order valence-corrected chi connectivity index (χ1v) is 5.54. The largest absolute Gasteiger partial charge is 0.461 e. The summed E-state index contributed by atoms with van der Waals surface area (Å²) in [6.07, 6.45) is 1.55. The van der Waals surface area contributed by atoms with Crippen molar-refractivity contribution in [1.29, 1.82) is 0 Å². The predicted octanol–water partition coefficient (Wildman–Crippen LogP) is 3.00. The minimum atomic E-state index is 0.320. The van der Waals surface area contributed by atoms with Crippen molar-refractivity contribution in [2.45, 2.75) is 6.92 Å². The molecule has 0 atom stereocenters. The first kappa shape index (κ1) is 10.6. The maximum absolute atomic E-state index is 6.11. The van der Waals surface area contributed by atoms with Crippen LogP contribution in [-0.4, -0.2) is 19.6 Å². The van der Waals surface area contributed by atoms with Gasteiger partial charge in [0.1, 0.15) is 10.3 Å². The molecule has 7 heteroatoms. The molecule has 0 aliphatic carbocycles. The second kappa shape index (κ2) is 3.72. The molecular weight excluding hydrogens is 263 g/mol. The molecule has 3 rings (SSSR count). The van der Waals surface area contributed by atoms with Gasteiger partial charge in [-0.05, 0) is 19.1 Å². The quantitative estimate of drug-likeness (QED) is 0.637. The van der Waals surface area contributed by atoms with E-state index in [2.05, 4.69) is 15.1 Å². The summed E-state index contributed by atoms with van der Waals surface area (Å²) in [6.45, 7) is 1.77. The highest BCUT2D eigenvalue weighted by molar-refractivity contribution is 6.34. The van der Waals surface area contributed by atoms with Crippen molar-refractivity contribution >= 4 is 29.0 Å². The molecule has 0 N–H and O–H groups in total. The van der Waals surface area contributed by atoms with E-state index < -0.39 is 0 Å². The Labute approximate surface area is 106 Å². The van der Waals surface area contributed by atoms with Crippen LogP contribution in [0.5, 0.6) is 0 Å². The monoisotopic (exact) mass is 268 g/mol. The maximum atomic E-state index is 6.11. The molecule has 86 valence electrons. The van der Waals surface area contributed by atoms with Crippen LogP contribution < -0.4 is 0 Å². The molecule has 0 saturated heterocycles. The van der Waals surface area contributed by atoms with Gasteiger partial charge < -0.3 is 4.42 Å². The Morgan fingerprint density at radius 1 is 1.29 bits per heavy atom. The molecule has 3 heterocycles.